The average Bonchev–Trinajstić information content (AvgIpc) is 3.08. The van der Waals surface area contributed by atoms with E-state index in [9.17, 15) is 18.7 Å². The van der Waals surface area contributed by atoms with Crippen molar-refractivity contribution in [3.63, 3.8) is 0 Å². The summed E-state index contributed by atoms with van der Waals surface area (Å²) in [5.74, 6) is -4.23. The monoisotopic (exact) mass is 472 g/mol. The summed E-state index contributed by atoms with van der Waals surface area (Å²) >= 11 is 3.31. The Bertz CT molecular complexity index is 723. The molecular formula is C21H27BrF2N2O3. The first kappa shape index (κ1) is 22.2. The number of hydrogen-bond acceptors (Lipinski definition) is 4. The molecule has 1 aromatic carbocycles. The summed E-state index contributed by atoms with van der Waals surface area (Å²) < 4.78 is 33.9. The smallest absolute Gasteiger partial charge is 0.343 e. The third-order valence-electron chi connectivity index (χ3n) is 6.18. The number of halogens is 3. The van der Waals surface area contributed by atoms with Crippen molar-refractivity contribution in [1.82, 2.24) is 4.90 Å². The van der Waals surface area contributed by atoms with Crippen LogP contribution in [0.3, 0.4) is 0 Å². The second kappa shape index (κ2) is 9.08. The van der Waals surface area contributed by atoms with Crippen LogP contribution < -0.4 is 0 Å². The molecule has 1 aliphatic carbocycles. The molecule has 0 unspecified atom stereocenters. The Labute approximate surface area is 178 Å². The van der Waals surface area contributed by atoms with Crippen molar-refractivity contribution in [2.45, 2.75) is 50.0 Å². The van der Waals surface area contributed by atoms with Crippen molar-refractivity contribution in [3.05, 3.63) is 34.3 Å². The number of benzene rings is 1. The summed E-state index contributed by atoms with van der Waals surface area (Å²) in [7, 11) is 0. The molecule has 1 aliphatic heterocycles. The van der Waals surface area contributed by atoms with E-state index in [2.05, 4.69) is 15.9 Å². The Morgan fingerprint density at radius 3 is 2.52 bits per heavy atom. The van der Waals surface area contributed by atoms with Crippen molar-refractivity contribution in [1.29, 1.82) is 5.41 Å². The number of likely N-dealkylation sites (tertiary alicyclic amines) is 1. The Kier molecular flexibility index (Phi) is 6.94. The third kappa shape index (κ3) is 5.15. The van der Waals surface area contributed by atoms with Crippen molar-refractivity contribution in [2.24, 2.45) is 11.8 Å². The summed E-state index contributed by atoms with van der Waals surface area (Å²) in [6.07, 6.45) is 3.03. The Balaban J connectivity index is 1.66. The van der Waals surface area contributed by atoms with Crippen LogP contribution in [0.25, 0.3) is 0 Å². The quantitative estimate of drug-likeness (QED) is 0.352. The molecule has 1 saturated carbocycles. The average molecular weight is 473 g/mol. The maximum atomic E-state index is 13.8. The van der Waals surface area contributed by atoms with E-state index in [0.717, 1.165) is 30.4 Å². The SMILES string of the molecule is N=CN1CCC(CCOC(=O)[C@](O)(c2ccc(Br)cc2)[C@@H]2CCC(F)(F)C2)CC1. The zero-order valence-electron chi connectivity index (χ0n) is 16.3. The third-order valence-corrected chi connectivity index (χ3v) is 6.71. The lowest BCUT2D eigenvalue weighted by molar-refractivity contribution is -0.175. The van der Waals surface area contributed by atoms with Crippen LogP contribution in [0.5, 0.6) is 0 Å². The molecule has 1 aromatic rings. The van der Waals surface area contributed by atoms with E-state index in [4.69, 9.17) is 10.1 Å². The maximum absolute atomic E-state index is 13.8. The number of carbonyl (C=O) groups is 1. The highest BCUT2D eigenvalue weighted by Crippen LogP contribution is 2.48. The van der Waals surface area contributed by atoms with Crippen molar-refractivity contribution >= 4 is 28.2 Å². The van der Waals surface area contributed by atoms with E-state index in [1.165, 1.54) is 6.34 Å². The predicted octanol–water partition coefficient (Wildman–Crippen LogP) is 4.32. The Hall–Kier alpha value is -1.54. The van der Waals surface area contributed by atoms with Gasteiger partial charge in [0.2, 0.25) is 5.92 Å². The van der Waals surface area contributed by atoms with Gasteiger partial charge in [-0.3, -0.25) is 5.41 Å². The molecule has 2 aliphatic rings. The maximum Gasteiger partial charge on any atom is 0.343 e. The van der Waals surface area contributed by atoms with Crippen LogP contribution in [0.1, 0.15) is 44.1 Å². The largest absolute Gasteiger partial charge is 0.463 e. The lowest BCUT2D eigenvalue weighted by Crippen LogP contribution is -2.44. The highest BCUT2D eigenvalue weighted by atomic mass is 79.9. The molecule has 1 saturated heterocycles. The van der Waals surface area contributed by atoms with Gasteiger partial charge in [0.05, 0.1) is 12.9 Å². The molecule has 29 heavy (non-hydrogen) atoms. The number of aliphatic hydroxyl groups is 1. The lowest BCUT2D eigenvalue weighted by atomic mass is 9.80. The van der Waals surface area contributed by atoms with Crippen molar-refractivity contribution in [2.75, 3.05) is 19.7 Å². The summed E-state index contributed by atoms with van der Waals surface area (Å²) in [5.41, 5.74) is -1.79. The van der Waals surface area contributed by atoms with E-state index >= 15 is 0 Å². The minimum Gasteiger partial charge on any atom is -0.463 e. The fourth-order valence-electron chi connectivity index (χ4n) is 4.33. The van der Waals surface area contributed by atoms with Gasteiger partial charge in [-0.05, 0) is 49.3 Å². The van der Waals surface area contributed by atoms with Gasteiger partial charge >= 0.3 is 5.97 Å². The lowest BCUT2D eigenvalue weighted by Gasteiger charge is -2.33. The molecule has 0 aromatic heterocycles. The van der Waals surface area contributed by atoms with Gasteiger partial charge in [0, 0.05) is 36.3 Å². The first-order chi connectivity index (χ1) is 13.7. The normalized spacial score (nSPS) is 24.1. The van der Waals surface area contributed by atoms with Crippen LogP contribution in [-0.2, 0) is 15.1 Å². The zero-order chi connectivity index (χ0) is 21.1. The molecule has 0 spiro atoms. The highest BCUT2D eigenvalue weighted by molar-refractivity contribution is 9.10. The van der Waals surface area contributed by atoms with Crippen molar-refractivity contribution < 1.29 is 23.4 Å². The van der Waals surface area contributed by atoms with Gasteiger partial charge in [-0.1, -0.05) is 28.1 Å². The van der Waals surface area contributed by atoms with E-state index in [1.807, 2.05) is 4.90 Å². The molecule has 1 heterocycles. The number of alkyl halides is 2. The first-order valence-corrected chi connectivity index (χ1v) is 10.8. The molecular weight excluding hydrogens is 446 g/mol. The fourth-order valence-corrected chi connectivity index (χ4v) is 4.59. The Morgan fingerprint density at radius 1 is 1.31 bits per heavy atom. The molecule has 0 bridgehead atoms. The molecule has 2 fully saturated rings. The van der Waals surface area contributed by atoms with Gasteiger partial charge in [-0.2, -0.15) is 0 Å². The highest BCUT2D eigenvalue weighted by Gasteiger charge is 2.54. The number of hydrogen-bond donors (Lipinski definition) is 2. The van der Waals surface area contributed by atoms with Crippen LogP contribution in [0.2, 0.25) is 0 Å². The summed E-state index contributed by atoms with van der Waals surface area (Å²) in [5, 5.41) is 18.6. The van der Waals surface area contributed by atoms with Gasteiger partial charge in [-0.15, -0.1) is 0 Å². The second-order valence-corrected chi connectivity index (χ2v) is 9.02. The molecule has 0 radical (unpaired) electrons. The zero-order valence-corrected chi connectivity index (χ0v) is 17.8. The summed E-state index contributed by atoms with van der Waals surface area (Å²) in [6, 6.07) is 6.51. The van der Waals surface area contributed by atoms with Crippen molar-refractivity contribution in [3.8, 4) is 0 Å². The summed E-state index contributed by atoms with van der Waals surface area (Å²) in [6.45, 7) is 1.76. The van der Waals surface area contributed by atoms with Gasteiger partial charge in [-0.25, -0.2) is 13.6 Å². The second-order valence-electron chi connectivity index (χ2n) is 8.10. The van der Waals surface area contributed by atoms with Gasteiger partial charge < -0.3 is 14.7 Å². The van der Waals surface area contributed by atoms with E-state index in [-0.39, 0.29) is 25.0 Å². The van der Waals surface area contributed by atoms with E-state index < -0.39 is 29.8 Å². The van der Waals surface area contributed by atoms with Crippen LogP contribution in [0, 0.1) is 17.2 Å². The number of nitrogens with zero attached hydrogens (tertiary/aromatic N) is 1. The predicted molar refractivity (Wildman–Crippen MR) is 109 cm³/mol. The minimum atomic E-state index is -2.88. The number of piperidine rings is 1. The molecule has 5 nitrogen and oxygen atoms in total. The number of ether oxygens (including phenoxy) is 1. The Morgan fingerprint density at radius 2 is 1.97 bits per heavy atom. The van der Waals surface area contributed by atoms with E-state index in [1.54, 1.807) is 24.3 Å². The van der Waals surface area contributed by atoms with Crippen LogP contribution in [-0.4, -0.2) is 47.9 Å². The fraction of sp³-hybridized carbons (Fsp3) is 0.619. The van der Waals surface area contributed by atoms with Crippen LogP contribution in [0.15, 0.2) is 28.7 Å². The van der Waals surface area contributed by atoms with Gasteiger partial charge in [0.15, 0.2) is 5.60 Å². The van der Waals surface area contributed by atoms with Crippen LogP contribution in [0.4, 0.5) is 8.78 Å². The molecule has 0 amide bonds. The van der Waals surface area contributed by atoms with Gasteiger partial charge in [0.25, 0.3) is 0 Å². The molecule has 160 valence electrons. The molecule has 2 atom stereocenters. The first-order valence-electron chi connectivity index (χ1n) is 10.0. The molecule has 2 N–H and O–H groups in total. The topological polar surface area (TPSA) is 73.6 Å². The minimum absolute atomic E-state index is 0.0662. The number of carbonyl (C=O) groups excluding carboxylic acids is 1. The van der Waals surface area contributed by atoms with Crippen LogP contribution >= 0.6 is 15.9 Å². The summed E-state index contributed by atoms with van der Waals surface area (Å²) in [4.78, 5) is 14.9. The molecule has 8 heteroatoms. The number of rotatable bonds is 7. The van der Waals surface area contributed by atoms with Gasteiger partial charge in [0.1, 0.15) is 0 Å². The molecule has 3 rings (SSSR count). The standard InChI is InChI=1S/C21H27BrF2N2O3/c22-18-3-1-16(2-4-18)21(28,17-5-9-20(23,24)13-17)19(27)29-12-8-15-6-10-26(14-25)11-7-15/h1-4,14-15,17,25,28H,5-13H2/t17-,21+/m1/s1. The number of esters is 1. The van der Waals surface area contributed by atoms with E-state index in [0.29, 0.717) is 12.3 Å². The number of nitrogens with one attached hydrogen (secondary N) is 1.